The molecule has 0 amide bonds. The van der Waals surface area contributed by atoms with E-state index in [0.29, 0.717) is 5.02 Å². The Labute approximate surface area is 93.5 Å². The smallest absolute Gasteiger partial charge is 0.375 e. The highest BCUT2D eigenvalue weighted by Crippen LogP contribution is 2.22. The number of aromatic carboxylic acids is 1. The Hall–Kier alpha value is -2.01. The van der Waals surface area contributed by atoms with Crippen molar-refractivity contribution in [2.75, 3.05) is 0 Å². The zero-order valence-electron chi connectivity index (χ0n) is 7.73. The Morgan fingerprint density at radius 2 is 2.06 bits per heavy atom. The molecule has 0 saturated heterocycles. The number of hydrogen-bond donors (Lipinski definition) is 2. The van der Waals surface area contributed by atoms with Crippen LogP contribution in [0.2, 0.25) is 5.02 Å². The molecule has 0 aliphatic heterocycles. The number of carboxylic acids is 1. The van der Waals surface area contributed by atoms with Crippen LogP contribution >= 0.6 is 11.6 Å². The highest BCUT2D eigenvalue weighted by atomic mass is 35.5. The number of hydrogen-bond acceptors (Lipinski definition) is 4. The maximum absolute atomic E-state index is 11.5. The van der Waals surface area contributed by atoms with Crippen molar-refractivity contribution in [3.63, 3.8) is 0 Å². The highest BCUT2D eigenvalue weighted by molar-refractivity contribution is 6.31. The van der Waals surface area contributed by atoms with Crippen LogP contribution in [0, 0.1) is 0 Å². The lowest BCUT2D eigenvalue weighted by Gasteiger charge is -2.01. The van der Waals surface area contributed by atoms with Crippen LogP contribution in [0.25, 0.3) is 11.0 Å². The Bertz CT molecular complexity index is 643. The number of carboxylic acid groups (broad SMARTS) is 1. The van der Waals surface area contributed by atoms with Gasteiger partial charge < -0.3 is 14.6 Å². The van der Waals surface area contributed by atoms with E-state index in [0.717, 1.165) is 0 Å². The van der Waals surface area contributed by atoms with E-state index in [1.165, 1.54) is 18.2 Å². The van der Waals surface area contributed by atoms with Crippen molar-refractivity contribution < 1.29 is 19.4 Å². The van der Waals surface area contributed by atoms with Gasteiger partial charge >= 0.3 is 5.97 Å². The SMILES string of the molecule is O=C(O)c1oc2cc(Cl)ccc2c(=O)c1O. The summed E-state index contributed by atoms with van der Waals surface area (Å²) in [5, 5.41) is 18.4. The molecule has 0 saturated carbocycles. The number of carbonyl (C=O) groups is 1. The van der Waals surface area contributed by atoms with Crippen LogP contribution in [0.5, 0.6) is 5.75 Å². The minimum absolute atomic E-state index is 0.0210. The zero-order valence-corrected chi connectivity index (χ0v) is 8.49. The molecule has 1 aromatic heterocycles. The third-order valence-electron chi connectivity index (χ3n) is 2.02. The van der Waals surface area contributed by atoms with Gasteiger partial charge in [0.2, 0.25) is 11.2 Å². The van der Waals surface area contributed by atoms with Crippen molar-refractivity contribution in [3.05, 3.63) is 39.2 Å². The number of benzene rings is 1. The molecule has 0 radical (unpaired) electrons. The van der Waals surface area contributed by atoms with Gasteiger partial charge in [-0.1, -0.05) is 11.6 Å². The largest absolute Gasteiger partial charge is 0.501 e. The molecule has 82 valence electrons. The number of aromatic hydroxyl groups is 1. The maximum atomic E-state index is 11.5. The van der Waals surface area contributed by atoms with Crippen LogP contribution < -0.4 is 5.43 Å². The normalized spacial score (nSPS) is 10.6. The Kier molecular flexibility index (Phi) is 2.32. The first-order chi connectivity index (χ1) is 7.50. The third-order valence-corrected chi connectivity index (χ3v) is 2.26. The lowest BCUT2D eigenvalue weighted by molar-refractivity contribution is 0.0657. The fourth-order valence-corrected chi connectivity index (χ4v) is 1.46. The summed E-state index contributed by atoms with van der Waals surface area (Å²) in [6.07, 6.45) is 0. The molecule has 0 bridgehead atoms. The summed E-state index contributed by atoms with van der Waals surface area (Å²) in [5.41, 5.74) is -0.775. The maximum Gasteiger partial charge on any atom is 0.375 e. The van der Waals surface area contributed by atoms with Gasteiger partial charge in [-0.2, -0.15) is 0 Å². The predicted molar refractivity (Wildman–Crippen MR) is 56.1 cm³/mol. The first kappa shape index (κ1) is 10.5. The zero-order chi connectivity index (χ0) is 11.9. The van der Waals surface area contributed by atoms with Gasteiger partial charge in [0.15, 0.2) is 0 Å². The second kappa shape index (κ2) is 3.53. The van der Waals surface area contributed by atoms with E-state index in [2.05, 4.69) is 0 Å². The quantitative estimate of drug-likeness (QED) is 0.794. The van der Waals surface area contributed by atoms with Gasteiger partial charge in [0.05, 0.1) is 5.39 Å². The summed E-state index contributed by atoms with van der Waals surface area (Å²) in [5.74, 6) is -3.22. The third kappa shape index (κ3) is 1.51. The molecule has 0 aliphatic rings. The second-order valence-electron chi connectivity index (χ2n) is 3.05. The van der Waals surface area contributed by atoms with Gasteiger partial charge in [-0.25, -0.2) is 4.79 Å². The molecule has 0 aliphatic carbocycles. The van der Waals surface area contributed by atoms with Gasteiger partial charge in [-0.15, -0.1) is 0 Å². The minimum Gasteiger partial charge on any atom is -0.501 e. The molecule has 0 unspecified atom stereocenters. The summed E-state index contributed by atoms with van der Waals surface area (Å²) in [4.78, 5) is 22.2. The molecule has 0 atom stereocenters. The topological polar surface area (TPSA) is 87.7 Å². The monoisotopic (exact) mass is 240 g/mol. The van der Waals surface area contributed by atoms with Crippen molar-refractivity contribution in [1.82, 2.24) is 0 Å². The van der Waals surface area contributed by atoms with Crippen molar-refractivity contribution in [2.45, 2.75) is 0 Å². The van der Waals surface area contributed by atoms with E-state index >= 15 is 0 Å². The average Bonchev–Trinajstić information content (AvgIpc) is 2.22. The minimum atomic E-state index is -1.52. The van der Waals surface area contributed by atoms with Crippen LogP contribution in [0.3, 0.4) is 0 Å². The molecule has 1 heterocycles. The summed E-state index contributed by atoms with van der Waals surface area (Å²) < 4.78 is 4.88. The van der Waals surface area contributed by atoms with E-state index < -0.39 is 22.9 Å². The van der Waals surface area contributed by atoms with Gasteiger partial charge in [0.1, 0.15) is 5.58 Å². The molecule has 5 nitrogen and oxygen atoms in total. The van der Waals surface area contributed by atoms with Crippen molar-refractivity contribution in [1.29, 1.82) is 0 Å². The van der Waals surface area contributed by atoms with Crippen molar-refractivity contribution in [2.24, 2.45) is 0 Å². The Morgan fingerprint density at radius 3 is 2.69 bits per heavy atom. The first-order valence-electron chi connectivity index (χ1n) is 4.19. The number of fused-ring (bicyclic) bond motifs is 1. The van der Waals surface area contributed by atoms with Gasteiger partial charge in [0, 0.05) is 11.1 Å². The van der Waals surface area contributed by atoms with E-state index in [1.54, 1.807) is 0 Å². The molecule has 6 heteroatoms. The first-order valence-corrected chi connectivity index (χ1v) is 4.57. The molecule has 16 heavy (non-hydrogen) atoms. The fraction of sp³-hybridized carbons (Fsp3) is 0. The number of rotatable bonds is 1. The van der Waals surface area contributed by atoms with E-state index in [1.807, 2.05) is 0 Å². The summed E-state index contributed by atoms with van der Waals surface area (Å²) >= 11 is 5.67. The van der Waals surface area contributed by atoms with E-state index in [-0.39, 0.29) is 11.0 Å². The summed E-state index contributed by atoms with van der Waals surface area (Å²) in [7, 11) is 0. The molecule has 0 fully saturated rings. The Balaban J connectivity index is 2.94. The van der Waals surface area contributed by atoms with Crippen LogP contribution in [-0.4, -0.2) is 16.2 Å². The highest BCUT2D eigenvalue weighted by Gasteiger charge is 2.19. The molecular formula is C10H5ClO5. The lowest BCUT2D eigenvalue weighted by Crippen LogP contribution is -2.08. The summed E-state index contributed by atoms with van der Waals surface area (Å²) in [6.45, 7) is 0. The van der Waals surface area contributed by atoms with E-state index in [4.69, 9.17) is 21.1 Å². The standard InChI is InChI=1S/C10H5ClO5/c11-4-1-2-5-6(3-4)16-9(10(14)15)8(13)7(5)12/h1-3,13H,(H,14,15). The van der Waals surface area contributed by atoms with Crippen LogP contribution in [0.15, 0.2) is 27.4 Å². The van der Waals surface area contributed by atoms with Crippen LogP contribution in [0.1, 0.15) is 10.6 Å². The van der Waals surface area contributed by atoms with Crippen LogP contribution in [-0.2, 0) is 0 Å². The lowest BCUT2D eigenvalue weighted by atomic mass is 10.2. The molecule has 2 aromatic rings. The second-order valence-corrected chi connectivity index (χ2v) is 3.49. The molecule has 2 rings (SSSR count). The number of halogens is 1. The molecule has 1 aromatic carbocycles. The van der Waals surface area contributed by atoms with E-state index in [9.17, 15) is 14.7 Å². The molecular weight excluding hydrogens is 236 g/mol. The molecule has 0 spiro atoms. The average molecular weight is 241 g/mol. The molecule has 2 N–H and O–H groups in total. The van der Waals surface area contributed by atoms with Gasteiger partial charge in [-0.05, 0) is 12.1 Å². The predicted octanol–water partition coefficient (Wildman–Crippen LogP) is 1.85. The van der Waals surface area contributed by atoms with Crippen molar-refractivity contribution in [3.8, 4) is 5.75 Å². The van der Waals surface area contributed by atoms with Gasteiger partial charge in [0.25, 0.3) is 5.76 Å². The van der Waals surface area contributed by atoms with Gasteiger partial charge in [-0.3, -0.25) is 4.79 Å². The fourth-order valence-electron chi connectivity index (χ4n) is 1.30. The summed E-state index contributed by atoms with van der Waals surface area (Å²) in [6, 6.07) is 4.11. The van der Waals surface area contributed by atoms with Crippen LogP contribution in [0.4, 0.5) is 0 Å². The Morgan fingerprint density at radius 1 is 1.38 bits per heavy atom. The van der Waals surface area contributed by atoms with Crippen molar-refractivity contribution >= 4 is 28.5 Å².